The van der Waals surface area contributed by atoms with Gasteiger partial charge in [0.05, 0.1) is 6.04 Å². The smallest absolute Gasteiger partial charge is 0.323 e. The Hall–Kier alpha value is -2.72. The van der Waals surface area contributed by atoms with Crippen molar-refractivity contribution in [2.45, 2.75) is 38.3 Å². The Morgan fingerprint density at radius 2 is 1.89 bits per heavy atom. The number of carboxylic acid groups (broad SMARTS) is 1. The van der Waals surface area contributed by atoms with Gasteiger partial charge >= 0.3 is 5.97 Å². The Morgan fingerprint density at radius 3 is 2.41 bits per heavy atom. The van der Waals surface area contributed by atoms with Gasteiger partial charge < -0.3 is 14.5 Å². The van der Waals surface area contributed by atoms with Crippen molar-refractivity contribution in [3.8, 4) is 0 Å². The molecule has 1 aromatic carbocycles. The van der Waals surface area contributed by atoms with Gasteiger partial charge in [0.1, 0.15) is 17.1 Å². The van der Waals surface area contributed by atoms with Crippen molar-refractivity contribution >= 4 is 21.9 Å². The third-order valence-corrected chi connectivity index (χ3v) is 5.58. The molecule has 0 saturated carbocycles. The van der Waals surface area contributed by atoms with E-state index in [-0.39, 0.29) is 22.9 Å². The molecule has 2 aromatic rings. The molecule has 9 nitrogen and oxygen atoms in total. The van der Waals surface area contributed by atoms with Crippen LogP contribution in [-0.4, -0.2) is 48.0 Å². The molecule has 0 fully saturated rings. The van der Waals surface area contributed by atoms with Gasteiger partial charge in [0.15, 0.2) is 5.76 Å². The van der Waals surface area contributed by atoms with Crippen molar-refractivity contribution in [3.63, 3.8) is 0 Å². The lowest BCUT2D eigenvalue weighted by Crippen LogP contribution is -2.48. The van der Waals surface area contributed by atoms with E-state index in [0.717, 1.165) is 10.5 Å². The number of rotatable bonds is 8. The number of sulfonamides is 1. The average Bonchev–Trinajstić information content (AvgIpc) is 2.93. The number of carboxylic acids is 1. The minimum Gasteiger partial charge on any atom is -0.480 e. The van der Waals surface area contributed by atoms with Crippen LogP contribution < -0.4 is 4.72 Å². The number of carbonyl (C=O) groups excluding carboxylic acids is 1. The summed E-state index contributed by atoms with van der Waals surface area (Å²) in [6.45, 7) is 3.78. The maximum Gasteiger partial charge on any atom is 0.323 e. The first-order chi connectivity index (χ1) is 12.6. The van der Waals surface area contributed by atoms with E-state index >= 15 is 0 Å². The maximum absolute atomic E-state index is 12.7. The van der Waals surface area contributed by atoms with Gasteiger partial charge in [-0.05, 0) is 26.3 Å². The van der Waals surface area contributed by atoms with Crippen LogP contribution in [-0.2, 0) is 26.2 Å². The van der Waals surface area contributed by atoms with Crippen molar-refractivity contribution in [2.24, 2.45) is 0 Å². The topological polar surface area (TPSA) is 130 Å². The molecule has 0 aliphatic rings. The minimum absolute atomic E-state index is 0.0450. The van der Waals surface area contributed by atoms with E-state index in [1.54, 1.807) is 30.3 Å². The zero-order chi connectivity index (χ0) is 20.2. The van der Waals surface area contributed by atoms with E-state index in [0.29, 0.717) is 0 Å². The molecular weight excluding hydrogens is 374 g/mol. The van der Waals surface area contributed by atoms with E-state index in [1.165, 1.54) is 20.8 Å². The highest BCUT2D eigenvalue weighted by molar-refractivity contribution is 7.89. The van der Waals surface area contributed by atoms with Crippen molar-refractivity contribution in [1.82, 2.24) is 14.8 Å². The molecule has 1 atom stereocenters. The fourth-order valence-electron chi connectivity index (χ4n) is 2.65. The van der Waals surface area contributed by atoms with Crippen LogP contribution in [0.4, 0.5) is 0 Å². The molecular formula is C17H21N3O6S. The summed E-state index contributed by atoms with van der Waals surface area (Å²) in [5.41, 5.74) is 0.902. The van der Waals surface area contributed by atoms with E-state index < -0.39 is 34.5 Å². The van der Waals surface area contributed by atoms with E-state index in [1.807, 2.05) is 0 Å². The van der Waals surface area contributed by atoms with Crippen LogP contribution in [0.2, 0.25) is 0 Å². The first-order valence-electron chi connectivity index (χ1n) is 8.11. The first kappa shape index (κ1) is 20.6. The Morgan fingerprint density at radius 1 is 1.26 bits per heavy atom. The van der Waals surface area contributed by atoms with Gasteiger partial charge in [-0.15, -0.1) is 0 Å². The number of aliphatic carboxylic acids is 1. The lowest BCUT2D eigenvalue weighted by atomic mass is 10.2. The Labute approximate surface area is 157 Å². The van der Waals surface area contributed by atoms with E-state index in [2.05, 4.69) is 9.88 Å². The van der Waals surface area contributed by atoms with Gasteiger partial charge in [-0.3, -0.25) is 9.59 Å². The minimum atomic E-state index is -4.06. The molecule has 2 rings (SSSR count). The van der Waals surface area contributed by atoms with Crippen LogP contribution >= 0.6 is 0 Å². The van der Waals surface area contributed by atoms with Crippen LogP contribution in [0, 0.1) is 13.8 Å². The maximum atomic E-state index is 12.7. The van der Waals surface area contributed by atoms with Crippen LogP contribution in [0.5, 0.6) is 0 Å². The number of aromatic nitrogens is 1. The highest BCUT2D eigenvalue weighted by Crippen LogP contribution is 2.19. The lowest BCUT2D eigenvalue weighted by molar-refractivity contribution is -0.145. The summed E-state index contributed by atoms with van der Waals surface area (Å²) < 4.78 is 32.2. The summed E-state index contributed by atoms with van der Waals surface area (Å²) in [5.74, 6) is -1.75. The predicted molar refractivity (Wildman–Crippen MR) is 95.3 cm³/mol. The number of hydrogen-bond acceptors (Lipinski definition) is 6. The van der Waals surface area contributed by atoms with Crippen LogP contribution in [0.3, 0.4) is 0 Å². The van der Waals surface area contributed by atoms with Crippen LogP contribution in [0.15, 0.2) is 39.8 Å². The lowest BCUT2D eigenvalue weighted by Gasteiger charge is -2.24. The molecule has 146 valence electrons. The molecule has 0 spiro atoms. The summed E-state index contributed by atoms with van der Waals surface area (Å²) in [4.78, 5) is 24.8. The summed E-state index contributed by atoms with van der Waals surface area (Å²) in [6, 6.07) is 7.66. The molecule has 1 amide bonds. The van der Waals surface area contributed by atoms with Gasteiger partial charge in [-0.25, -0.2) is 8.42 Å². The number of carbonyl (C=O) groups is 2. The normalized spacial score (nSPS) is 12.6. The third-order valence-electron chi connectivity index (χ3n) is 3.79. The number of hydrogen-bond donors (Lipinski definition) is 2. The van der Waals surface area contributed by atoms with Crippen LogP contribution in [0.1, 0.15) is 23.9 Å². The quantitative estimate of drug-likeness (QED) is 0.684. The molecule has 0 aliphatic carbocycles. The number of benzene rings is 1. The van der Waals surface area contributed by atoms with Gasteiger partial charge in [-0.2, -0.15) is 4.72 Å². The second-order valence-corrected chi connectivity index (χ2v) is 7.72. The molecule has 2 N–H and O–H groups in total. The monoisotopic (exact) mass is 395 g/mol. The molecule has 1 unspecified atom stereocenters. The van der Waals surface area contributed by atoms with Crippen molar-refractivity contribution in [2.75, 3.05) is 6.54 Å². The van der Waals surface area contributed by atoms with Crippen molar-refractivity contribution < 1.29 is 27.6 Å². The molecule has 10 heteroatoms. The second-order valence-electron chi connectivity index (χ2n) is 6.07. The van der Waals surface area contributed by atoms with Gasteiger partial charge in [0.25, 0.3) is 0 Å². The third kappa shape index (κ3) is 5.14. The summed E-state index contributed by atoms with van der Waals surface area (Å²) in [7, 11) is -4.06. The number of amides is 1. The van der Waals surface area contributed by atoms with Gasteiger partial charge in [0, 0.05) is 6.54 Å². The Bertz CT molecular complexity index is 904. The summed E-state index contributed by atoms with van der Waals surface area (Å²) >= 11 is 0. The van der Waals surface area contributed by atoms with Gasteiger partial charge in [-0.1, -0.05) is 35.5 Å². The number of aryl methyl sites for hydroxylation is 2. The molecule has 0 radical (unpaired) electrons. The SMILES string of the molecule is Cc1noc(C)c1S(=O)(=O)NC(C)C(=O)N(CC(=O)O)Cc1ccccc1. The Kier molecular flexibility index (Phi) is 6.34. The molecule has 0 aliphatic heterocycles. The fourth-order valence-corrected chi connectivity index (χ4v) is 4.18. The predicted octanol–water partition coefficient (Wildman–Crippen LogP) is 1.07. The standard InChI is InChI=1S/C17H21N3O6S/c1-11-16(13(3)26-18-11)27(24,25)19-12(2)17(23)20(10-15(21)22)9-14-7-5-4-6-8-14/h4-8,12,19H,9-10H2,1-3H3,(H,21,22). The Balaban J connectivity index is 2.20. The van der Waals surface area contributed by atoms with Crippen molar-refractivity contribution in [3.05, 3.63) is 47.3 Å². The fraction of sp³-hybridized carbons (Fsp3) is 0.353. The first-order valence-corrected chi connectivity index (χ1v) is 9.60. The second kappa shape index (κ2) is 8.31. The summed E-state index contributed by atoms with van der Waals surface area (Å²) in [6.07, 6.45) is 0. The molecule has 0 bridgehead atoms. The number of nitrogens with zero attached hydrogens (tertiary/aromatic N) is 2. The molecule has 27 heavy (non-hydrogen) atoms. The highest BCUT2D eigenvalue weighted by Gasteiger charge is 2.30. The number of nitrogens with one attached hydrogen (secondary N) is 1. The van der Waals surface area contributed by atoms with E-state index in [4.69, 9.17) is 9.63 Å². The zero-order valence-electron chi connectivity index (χ0n) is 15.2. The van der Waals surface area contributed by atoms with Crippen molar-refractivity contribution in [1.29, 1.82) is 0 Å². The highest BCUT2D eigenvalue weighted by atomic mass is 32.2. The zero-order valence-corrected chi connectivity index (χ0v) is 16.0. The largest absolute Gasteiger partial charge is 0.480 e. The molecule has 1 aromatic heterocycles. The average molecular weight is 395 g/mol. The van der Waals surface area contributed by atoms with E-state index in [9.17, 15) is 18.0 Å². The molecule has 1 heterocycles. The van der Waals surface area contributed by atoms with Gasteiger partial charge in [0.2, 0.25) is 15.9 Å². The summed E-state index contributed by atoms with van der Waals surface area (Å²) in [5, 5.41) is 12.7. The van der Waals surface area contributed by atoms with Crippen LogP contribution in [0.25, 0.3) is 0 Å². The molecule has 0 saturated heterocycles.